The van der Waals surface area contributed by atoms with E-state index in [0.717, 1.165) is 11.0 Å². The maximum atomic E-state index is 4.36. The molecule has 0 saturated carbocycles. The third kappa shape index (κ3) is 2.87. The van der Waals surface area contributed by atoms with E-state index in [4.69, 9.17) is 0 Å². The van der Waals surface area contributed by atoms with Crippen LogP contribution in [0.1, 0.15) is 6.92 Å². The maximum absolute atomic E-state index is 4.36. The number of rotatable bonds is 0. The molecule has 4 heteroatoms. The monoisotopic (exact) mass is 198 g/mol. The predicted molar refractivity (Wildman–Crippen MR) is 55.1 cm³/mol. The first-order valence-corrected chi connectivity index (χ1v) is 5.73. The molecule has 0 nitrogen and oxygen atoms in total. The van der Waals surface area contributed by atoms with Crippen LogP contribution in [0.5, 0.6) is 0 Å². The van der Waals surface area contributed by atoms with Crippen LogP contribution in [0.15, 0.2) is 0 Å². The van der Waals surface area contributed by atoms with Crippen LogP contribution in [0.25, 0.3) is 0 Å². The van der Waals surface area contributed by atoms with Crippen molar-refractivity contribution in [3.63, 3.8) is 0 Å². The molecular formula is C5H10S4. The van der Waals surface area contributed by atoms with E-state index in [1.165, 1.54) is 5.75 Å². The molecule has 0 aliphatic carbocycles. The fourth-order valence-corrected chi connectivity index (χ4v) is 3.62. The summed E-state index contributed by atoms with van der Waals surface area (Å²) in [6.07, 6.45) is 0. The summed E-state index contributed by atoms with van der Waals surface area (Å²) in [7, 11) is 0. The minimum Gasteiger partial charge on any atom is -0.155 e. The number of thioether (sulfide) groups is 2. The van der Waals surface area contributed by atoms with Crippen LogP contribution in [-0.2, 0) is 0 Å². The van der Waals surface area contributed by atoms with Gasteiger partial charge in [0.15, 0.2) is 0 Å². The maximum Gasteiger partial charge on any atom is 0.110 e. The van der Waals surface area contributed by atoms with E-state index in [1.807, 2.05) is 23.5 Å². The molecule has 9 heavy (non-hydrogen) atoms. The molecule has 54 valence electrons. The molecule has 1 aliphatic rings. The van der Waals surface area contributed by atoms with Gasteiger partial charge in [0.1, 0.15) is 3.41 Å². The highest BCUT2D eigenvalue weighted by Crippen LogP contribution is 2.43. The predicted octanol–water partition coefficient (Wildman–Crippen LogP) is 2.37. The summed E-state index contributed by atoms with van der Waals surface area (Å²) in [5, 5.41) is 0.780. The highest BCUT2D eigenvalue weighted by Gasteiger charge is 2.27. The van der Waals surface area contributed by atoms with Gasteiger partial charge in [0, 0.05) is 16.8 Å². The van der Waals surface area contributed by atoms with Crippen molar-refractivity contribution < 1.29 is 0 Å². The Labute approximate surface area is 75.7 Å². The SMILES string of the molecule is CC1CSC(S)(S)CS1. The van der Waals surface area contributed by atoms with Crippen LogP contribution in [0.2, 0.25) is 0 Å². The first-order valence-electron chi connectivity index (χ1n) is 2.80. The molecule has 1 heterocycles. The molecule has 0 amide bonds. The van der Waals surface area contributed by atoms with Crippen LogP contribution in [-0.4, -0.2) is 20.2 Å². The largest absolute Gasteiger partial charge is 0.155 e. The van der Waals surface area contributed by atoms with E-state index in [-0.39, 0.29) is 3.41 Å². The lowest BCUT2D eigenvalue weighted by Crippen LogP contribution is -2.22. The molecule has 1 aliphatic heterocycles. The summed E-state index contributed by atoms with van der Waals surface area (Å²) in [6.45, 7) is 2.24. The second-order valence-electron chi connectivity index (χ2n) is 2.18. The lowest BCUT2D eigenvalue weighted by molar-refractivity contribution is 1.10. The Balaban J connectivity index is 2.35. The van der Waals surface area contributed by atoms with E-state index >= 15 is 0 Å². The molecule has 1 rings (SSSR count). The van der Waals surface area contributed by atoms with Gasteiger partial charge < -0.3 is 0 Å². The van der Waals surface area contributed by atoms with Crippen LogP contribution >= 0.6 is 48.8 Å². The average molecular weight is 198 g/mol. The van der Waals surface area contributed by atoms with E-state index < -0.39 is 0 Å². The minimum absolute atomic E-state index is 0.0722. The van der Waals surface area contributed by atoms with Crippen molar-refractivity contribution in [1.82, 2.24) is 0 Å². The van der Waals surface area contributed by atoms with Crippen LogP contribution < -0.4 is 0 Å². The summed E-state index contributed by atoms with van der Waals surface area (Å²) >= 11 is 12.5. The lowest BCUT2D eigenvalue weighted by atomic mass is 10.6. The van der Waals surface area contributed by atoms with Crippen LogP contribution in [0, 0.1) is 0 Å². The zero-order valence-electron chi connectivity index (χ0n) is 5.20. The molecule has 0 spiro atoms. The van der Waals surface area contributed by atoms with Crippen molar-refractivity contribution >= 4 is 48.8 Å². The Morgan fingerprint density at radius 3 is 2.56 bits per heavy atom. The molecule has 0 N–H and O–H groups in total. The van der Waals surface area contributed by atoms with Crippen molar-refractivity contribution in [3.05, 3.63) is 0 Å². The van der Waals surface area contributed by atoms with Gasteiger partial charge in [0.25, 0.3) is 0 Å². The average Bonchev–Trinajstić information content (AvgIpc) is 1.78. The number of thiol groups is 2. The Kier molecular flexibility index (Phi) is 3.02. The van der Waals surface area contributed by atoms with Crippen molar-refractivity contribution in [2.75, 3.05) is 11.5 Å². The molecule has 0 aromatic heterocycles. The van der Waals surface area contributed by atoms with Crippen LogP contribution in [0.4, 0.5) is 0 Å². The Morgan fingerprint density at radius 1 is 1.56 bits per heavy atom. The quantitative estimate of drug-likeness (QED) is 0.453. The topological polar surface area (TPSA) is 0 Å². The van der Waals surface area contributed by atoms with Gasteiger partial charge in [-0.05, 0) is 0 Å². The van der Waals surface area contributed by atoms with E-state index in [0.29, 0.717) is 0 Å². The third-order valence-electron chi connectivity index (χ3n) is 1.11. The van der Waals surface area contributed by atoms with Gasteiger partial charge in [-0.2, -0.15) is 37.0 Å². The summed E-state index contributed by atoms with van der Waals surface area (Å²) in [5.41, 5.74) is 0. The summed E-state index contributed by atoms with van der Waals surface area (Å²) in [5.74, 6) is 2.22. The second kappa shape index (κ2) is 3.20. The highest BCUT2D eigenvalue weighted by atomic mass is 32.2. The zero-order chi connectivity index (χ0) is 6.91. The van der Waals surface area contributed by atoms with Gasteiger partial charge in [-0.1, -0.05) is 6.92 Å². The molecule has 1 unspecified atom stereocenters. The van der Waals surface area contributed by atoms with Gasteiger partial charge in [-0.25, -0.2) is 0 Å². The normalized spacial score (nSPS) is 34.3. The van der Waals surface area contributed by atoms with Crippen molar-refractivity contribution in [3.8, 4) is 0 Å². The van der Waals surface area contributed by atoms with Gasteiger partial charge in [0.05, 0.1) is 0 Å². The molecule has 0 bridgehead atoms. The Bertz CT molecular complexity index is 91.1. The van der Waals surface area contributed by atoms with Gasteiger partial charge in [-0.15, -0.1) is 11.8 Å². The molecule has 1 fully saturated rings. The highest BCUT2D eigenvalue weighted by molar-refractivity contribution is 8.26. The summed E-state index contributed by atoms with van der Waals surface area (Å²) in [6, 6.07) is 0. The van der Waals surface area contributed by atoms with E-state index in [1.54, 1.807) is 0 Å². The first kappa shape index (κ1) is 8.50. The summed E-state index contributed by atoms with van der Waals surface area (Å²) in [4.78, 5) is 0. The minimum atomic E-state index is -0.0722. The fourth-order valence-electron chi connectivity index (χ4n) is 0.591. The van der Waals surface area contributed by atoms with Crippen molar-refractivity contribution in [2.24, 2.45) is 0 Å². The second-order valence-corrected chi connectivity index (χ2v) is 7.41. The molecular weight excluding hydrogens is 188 g/mol. The van der Waals surface area contributed by atoms with Gasteiger partial charge >= 0.3 is 0 Å². The first-order chi connectivity index (χ1) is 4.10. The molecule has 0 radical (unpaired) electrons. The number of hydrogen-bond donors (Lipinski definition) is 2. The standard InChI is InChI=1S/C5H10S4/c1-4-2-9-5(6,7)3-8-4/h4,6-7H,2-3H2,1H3. The van der Waals surface area contributed by atoms with Gasteiger partial charge in [0.2, 0.25) is 0 Å². The van der Waals surface area contributed by atoms with Crippen molar-refractivity contribution in [1.29, 1.82) is 0 Å². The lowest BCUT2D eigenvalue weighted by Gasteiger charge is -2.29. The molecule has 1 saturated heterocycles. The van der Waals surface area contributed by atoms with Crippen LogP contribution in [0.3, 0.4) is 0 Å². The molecule has 1 atom stereocenters. The van der Waals surface area contributed by atoms with Crippen molar-refractivity contribution in [2.45, 2.75) is 15.6 Å². The number of hydrogen-bond acceptors (Lipinski definition) is 4. The van der Waals surface area contributed by atoms with E-state index in [9.17, 15) is 0 Å². The Morgan fingerprint density at radius 2 is 2.22 bits per heavy atom. The molecule has 0 aromatic carbocycles. The summed E-state index contributed by atoms with van der Waals surface area (Å²) < 4.78 is -0.0722. The fraction of sp³-hybridized carbons (Fsp3) is 1.00. The third-order valence-corrected chi connectivity index (χ3v) is 5.63. The molecule has 0 aromatic rings. The van der Waals surface area contributed by atoms with Gasteiger partial charge in [-0.3, -0.25) is 0 Å². The smallest absolute Gasteiger partial charge is 0.110 e. The zero-order valence-corrected chi connectivity index (χ0v) is 8.62. The Hall–Kier alpha value is 1.40. The van der Waals surface area contributed by atoms with E-state index in [2.05, 4.69) is 32.2 Å².